The van der Waals surface area contributed by atoms with Crippen molar-refractivity contribution in [3.8, 4) is 0 Å². The summed E-state index contributed by atoms with van der Waals surface area (Å²) in [6, 6.07) is -0.570. The van der Waals surface area contributed by atoms with Crippen molar-refractivity contribution < 1.29 is 14.7 Å². The molecule has 1 aromatic heterocycles. The van der Waals surface area contributed by atoms with E-state index < -0.39 is 12.0 Å². The van der Waals surface area contributed by atoms with E-state index in [9.17, 15) is 9.59 Å². The number of aromatic nitrogens is 2. The van der Waals surface area contributed by atoms with Gasteiger partial charge in [0.25, 0.3) is 0 Å². The number of hydrogen-bond donors (Lipinski definition) is 3. The Balaban J connectivity index is 2.50. The second-order valence-corrected chi connectivity index (χ2v) is 3.88. The van der Waals surface area contributed by atoms with Crippen LogP contribution in [0.4, 0.5) is 4.79 Å². The molecule has 94 valence electrons. The van der Waals surface area contributed by atoms with Crippen LogP contribution in [0.1, 0.15) is 19.4 Å². The molecule has 7 nitrogen and oxygen atoms in total. The molecule has 0 bridgehead atoms. The van der Waals surface area contributed by atoms with E-state index in [4.69, 9.17) is 5.11 Å². The Morgan fingerprint density at radius 3 is 2.76 bits per heavy atom. The van der Waals surface area contributed by atoms with Crippen molar-refractivity contribution in [3.05, 3.63) is 18.0 Å². The van der Waals surface area contributed by atoms with Crippen LogP contribution < -0.4 is 5.32 Å². The van der Waals surface area contributed by atoms with Crippen LogP contribution in [0.2, 0.25) is 0 Å². The Morgan fingerprint density at radius 1 is 1.59 bits per heavy atom. The van der Waals surface area contributed by atoms with Crippen molar-refractivity contribution in [2.24, 2.45) is 0 Å². The summed E-state index contributed by atoms with van der Waals surface area (Å²) >= 11 is 0. The fourth-order valence-corrected chi connectivity index (χ4v) is 1.29. The maximum absolute atomic E-state index is 11.7. The van der Waals surface area contributed by atoms with Crippen LogP contribution in [0.3, 0.4) is 0 Å². The Labute approximate surface area is 98.8 Å². The molecule has 0 aliphatic rings. The molecule has 0 spiro atoms. The fourth-order valence-electron chi connectivity index (χ4n) is 1.29. The first-order valence-corrected chi connectivity index (χ1v) is 5.24. The smallest absolute Gasteiger partial charge is 0.323 e. The van der Waals surface area contributed by atoms with Crippen LogP contribution in [0, 0.1) is 0 Å². The van der Waals surface area contributed by atoms with Crippen molar-refractivity contribution in [3.63, 3.8) is 0 Å². The van der Waals surface area contributed by atoms with E-state index in [1.165, 1.54) is 4.90 Å². The lowest BCUT2D eigenvalue weighted by Gasteiger charge is -2.24. The summed E-state index contributed by atoms with van der Waals surface area (Å²) in [5, 5.41) is 17.7. The lowest BCUT2D eigenvalue weighted by atomic mass is 10.3. The molecule has 0 fully saturated rings. The average molecular weight is 240 g/mol. The number of nitrogens with one attached hydrogen (secondary N) is 2. The molecule has 0 aromatic carbocycles. The van der Waals surface area contributed by atoms with Crippen LogP contribution in [0.5, 0.6) is 0 Å². The Kier molecular flexibility index (Phi) is 4.50. The van der Waals surface area contributed by atoms with Gasteiger partial charge in [-0.25, -0.2) is 4.79 Å². The molecule has 3 N–H and O–H groups in total. The van der Waals surface area contributed by atoms with Crippen LogP contribution >= 0.6 is 0 Å². The summed E-state index contributed by atoms with van der Waals surface area (Å²) in [6.45, 7) is 3.54. The number of hydrogen-bond acceptors (Lipinski definition) is 3. The highest BCUT2D eigenvalue weighted by atomic mass is 16.4. The molecule has 0 aliphatic heterocycles. The third-order valence-corrected chi connectivity index (χ3v) is 2.19. The first-order chi connectivity index (χ1) is 8.00. The van der Waals surface area contributed by atoms with Crippen LogP contribution in [-0.4, -0.2) is 44.8 Å². The van der Waals surface area contributed by atoms with Crippen LogP contribution in [-0.2, 0) is 11.3 Å². The Hall–Kier alpha value is -2.05. The van der Waals surface area contributed by atoms with Crippen molar-refractivity contribution in [1.29, 1.82) is 0 Å². The number of H-pyrrole nitrogens is 1. The summed E-state index contributed by atoms with van der Waals surface area (Å²) in [5.41, 5.74) is 0.831. The molecule has 0 atom stereocenters. The SMILES string of the molecule is CC(C)N(CC(=O)O)C(=O)NCc1cn[nH]c1. The Bertz CT molecular complexity index is 375. The number of nitrogens with zero attached hydrogens (tertiary/aromatic N) is 2. The minimum Gasteiger partial charge on any atom is -0.480 e. The number of aromatic amines is 1. The van der Waals surface area contributed by atoms with Crippen molar-refractivity contribution in [2.75, 3.05) is 6.54 Å². The number of carboxylic acids is 1. The minimum atomic E-state index is -1.03. The fraction of sp³-hybridized carbons (Fsp3) is 0.500. The first kappa shape index (κ1) is 13.0. The second kappa shape index (κ2) is 5.88. The Morgan fingerprint density at radius 2 is 2.29 bits per heavy atom. The molecule has 0 saturated carbocycles. The zero-order chi connectivity index (χ0) is 12.8. The quantitative estimate of drug-likeness (QED) is 0.694. The topological polar surface area (TPSA) is 98.3 Å². The zero-order valence-corrected chi connectivity index (χ0v) is 9.80. The van der Waals surface area contributed by atoms with Crippen molar-refractivity contribution >= 4 is 12.0 Å². The molecule has 1 heterocycles. The standard InChI is InChI=1S/C10H16N4O3/c1-7(2)14(6-9(15)16)10(17)11-3-8-4-12-13-5-8/h4-5,7H,3,6H2,1-2H3,(H,11,17)(H,12,13)(H,15,16). The van der Waals surface area contributed by atoms with Gasteiger partial charge < -0.3 is 15.3 Å². The highest BCUT2D eigenvalue weighted by molar-refractivity contribution is 5.80. The number of rotatable bonds is 5. The number of carbonyl (C=O) groups is 2. The average Bonchev–Trinajstić information content (AvgIpc) is 2.74. The number of amides is 2. The van der Waals surface area contributed by atoms with Crippen molar-refractivity contribution in [1.82, 2.24) is 20.4 Å². The van der Waals surface area contributed by atoms with Gasteiger partial charge in [-0.05, 0) is 13.8 Å². The molecule has 0 unspecified atom stereocenters. The molecule has 1 aromatic rings. The lowest BCUT2D eigenvalue weighted by molar-refractivity contribution is -0.138. The molecule has 2 amide bonds. The number of carbonyl (C=O) groups excluding carboxylic acids is 1. The van der Waals surface area contributed by atoms with E-state index in [0.29, 0.717) is 6.54 Å². The molecule has 0 radical (unpaired) electrons. The summed E-state index contributed by atoms with van der Waals surface area (Å²) in [4.78, 5) is 23.6. The maximum atomic E-state index is 11.7. The monoisotopic (exact) mass is 240 g/mol. The third kappa shape index (κ3) is 4.13. The van der Waals surface area contributed by atoms with Gasteiger partial charge in [0, 0.05) is 24.3 Å². The van der Waals surface area contributed by atoms with Gasteiger partial charge in [-0.2, -0.15) is 5.10 Å². The lowest BCUT2D eigenvalue weighted by Crippen LogP contribution is -2.46. The van der Waals surface area contributed by atoms with E-state index >= 15 is 0 Å². The van der Waals surface area contributed by atoms with E-state index in [0.717, 1.165) is 5.56 Å². The van der Waals surface area contributed by atoms with E-state index in [1.807, 2.05) is 0 Å². The van der Waals surface area contributed by atoms with Gasteiger partial charge in [-0.1, -0.05) is 0 Å². The number of carboxylic acid groups (broad SMARTS) is 1. The summed E-state index contributed by atoms with van der Waals surface area (Å²) in [7, 11) is 0. The maximum Gasteiger partial charge on any atom is 0.323 e. The summed E-state index contributed by atoms with van der Waals surface area (Å²) in [6.07, 6.45) is 3.26. The predicted octanol–water partition coefficient (Wildman–Crippen LogP) is 0.414. The number of urea groups is 1. The van der Waals surface area contributed by atoms with E-state index in [2.05, 4.69) is 15.5 Å². The van der Waals surface area contributed by atoms with E-state index in [1.54, 1.807) is 26.2 Å². The summed E-state index contributed by atoms with van der Waals surface area (Å²) < 4.78 is 0. The van der Waals surface area contributed by atoms with Crippen LogP contribution in [0.25, 0.3) is 0 Å². The highest BCUT2D eigenvalue weighted by Crippen LogP contribution is 2.00. The molecular weight excluding hydrogens is 224 g/mol. The summed E-state index contributed by atoms with van der Waals surface area (Å²) in [5.74, 6) is -1.03. The van der Waals surface area contributed by atoms with Gasteiger partial charge in [0.15, 0.2) is 0 Å². The molecule has 17 heavy (non-hydrogen) atoms. The third-order valence-electron chi connectivity index (χ3n) is 2.19. The molecule has 0 saturated heterocycles. The second-order valence-electron chi connectivity index (χ2n) is 3.88. The van der Waals surface area contributed by atoms with Gasteiger partial charge in [0.2, 0.25) is 0 Å². The zero-order valence-electron chi connectivity index (χ0n) is 9.80. The van der Waals surface area contributed by atoms with Crippen molar-refractivity contribution in [2.45, 2.75) is 26.4 Å². The van der Waals surface area contributed by atoms with Gasteiger partial charge in [-0.3, -0.25) is 9.89 Å². The largest absolute Gasteiger partial charge is 0.480 e. The highest BCUT2D eigenvalue weighted by Gasteiger charge is 2.19. The molecular formula is C10H16N4O3. The minimum absolute atomic E-state index is 0.171. The van der Waals surface area contributed by atoms with Gasteiger partial charge in [-0.15, -0.1) is 0 Å². The van der Waals surface area contributed by atoms with Gasteiger partial charge in [0.05, 0.1) is 6.20 Å². The van der Waals surface area contributed by atoms with Gasteiger partial charge >= 0.3 is 12.0 Å². The predicted molar refractivity (Wildman–Crippen MR) is 60.3 cm³/mol. The number of aliphatic carboxylic acids is 1. The van der Waals surface area contributed by atoms with Gasteiger partial charge in [0.1, 0.15) is 6.54 Å². The van der Waals surface area contributed by atoms with E-state index in [-0.39, 0.29) is 12.6 Å². The molecule has 0 aliphatic carbocycles. The molecule has 1 rings (SSSR count). The first-order valence-electron chi connectivity index (χ1n) is 5.24. The molecule has 7 heteroatoms. The normalized spacial score (nSPS) is 10.3. The van der Waals surface area contributed by atoms with Crippen LogP contribution in [0.15, 0.2) is 12.4 Å².